The third-order valence-electron chi connectivity index (χ3n) is 2.87. The Morgan fingerprint density at radius 1 is 1.05 bits per heavy atom. The van der Waals surface area contributed by atoms with Crippen LogP contribution in [0.1, 0.15) is 22.3 Å². The van der Waals surface area contributed by atoms with Gasteiger partial charge in [0.2, 0.25) is 0 Å². The van der Waals surface area contributed by atoms with Gasteiger partial charge in [-0.25, -0.2) is 0 Å². The van der Waals surface area contributed by atoms with Gasteiger partial charge in [-0.3, -0.25) is 0 Å². The smallest absolute Gasteiger partial charge is 0.118 e. The van der Waals surface area contributed by atoms with Gasteiger partial charge < -0.3 is 9.84 Å². The van der Waals surface area contributed by atoms with Gasteiger partial charge in [0.25, 0.3) is 0 Å². The van der Waals surface area contributed by atoms with Crippen molar-refractivity contribution in [2.45, 2.75) is 13.5 Å². The van der Waals surface area contributed by atoms with Crippen LogP contribution >= 0.6 is 0 Å². The number of hydrogen-bond acceptors (Lipinski definition) is 2. The first-order valence-electron chi connectivity index (χ1n) is 6.09. The lowest BCUT2D eigenvalue weighted by Crippen LogP contribution is -1.90. The fourth-order valence-electron chi connectivity index (χ4n) is 1.76. The number of aliphatic hydroxyl groups excluding tert-OH is 1. The number of ether oxygens (including phenoxy) is 1. The number of benzene rings is 2. The Morgan fingerprint density at radius 2 is 1.79 bits per heavy atom. The molecule has 2 aromatic rings. The zero-order chi connectivity index (χ0) is 13.7. The Hall–Kier alpha value is -2.24. The van der Waals surface area contributed by atoms with Crippen LogP contribution in [0, 0.1) is 18.8 Å². The van der Waals surface area contributed by atoms with E-state index in [1.807, 2.05) is 49.4 Å². The molecule has 0 aliphatic rings. The number of aliphatic hydroxyl groups is 1. The molecule has 0 saturated heterocycles. The fourth-order valence-corrected chi connectivity index (χ4v) is 1.76. The van der Waals surface area contributed by atoms with Crippen molar-refractivity contribution in [2.24, 2.45) is 0 Å². The quantitative estimate of drug-likeness (QED) is 0.833. The highest BCUT2D eigenvalue weighted by Crippen LogP contribution is 2.12. The molecule has 2 aromatic carbocycles. The Bertz CT molecular complexity index is 616. The van der Waals surface area contributed by atoms with Crippen molar-refractivity contribution < 1.29 is 9.84 Å². The monoisotopic (exact) mass is 252 g/mol. The Kier molecular flexibility index (Phi) is 4.22. The molecular formula is C17H16O2. The molecule has 0 fully saturated rings. The van der Waals surface area contributed by atoms with Gasteiger partial charge in [-0.1, -0.05) is 24.0 Å². The maximum absolute atomic E-state index is 9.29. The summed E-state index contributed by atoms with van der Waals surface area (Å²) in [5.74, 6) is 7.02. The molecule has 0 saturated carbocycles. The molecule has 0 amide bonds. The summed E-state index contributed by atoms with van der Waals surface area (Å²) < 4.78 is 5.10. The van der Waals surface area contributed by atoms with Crippen molar-refractivity contribution in [3.05, 3.63) is 64.7 Å². The van der Waals surface area contributed by atoms with Crippen LogP contribution in [-0.2, 0) is 6.61 Å². The van der Waals surface area contributed by atoms with Crippen LogP contribution in [-0.4, -0.2) is 12.2 Å². The summed E-state index contributed by atoms with van der Waals surface area (Å²) in [5, 5.41) is 9.29. The molecule has 0 bridgehead atoms. The molecule has 0 heterocycles. The summed E-state index contributed by atoms with van der Waals surface area (Å²) in [4.78, 5) is 0. The van der Waals surface area contributed by atoms with Crippen molar-refractivity contribution in [3.8, 4) is 17.6 Å². The van der Waals surface area contributed by atoms with E-state index in [2.05, 4.69) is 11.8 Å². The van der Waals surface area contributed by atoms with Crippen LogP contribution in [0.2, 0.25) is 0 Å². The maximum Gasteiger partial charge on any atom is 0.118 e. The molecule has 2 rings (SSSR count). The van der Waals surface area contributed by atoms with Crippen molar-refractivity contribution in [1.29, 1.82) is 0 Å². The summed E-state index contributed by atoms with van der Waals surface area (Å²) >= 11 is 0. The molecule has 0 radical (unpaired) electrons. The van der Waals surface area contributed by atoms with Gasteiger partial charge in [0, 0.05) is 11.1 Å². The highest BCUT2D eigenvalue weighted by Gasteiger charge is 1.98. The molecule has 0 aliphatic carbocycles. The third-order valence-corrected chi connectivity index (χ3v) is 2.87. The predicted octanol–water partition coefficient (Wildman–Crippen LogP) is 2.90. The summed E-state index contributed by atoms with van der Waals surface area (Å²) in [6.45, 7) is 2.02. The van der Waals surface area contributed by atoms with E-state index in [1.54, 1.807) is 7.11 Å². The number of methoxy groups -OCH3 is 1. The Morgan fingerprint density at radius 3 is 2.42 bits per heavy atom. The van der Waals surface area contributed by atoms with Gasteiger partial charge in [-0.05, 0) is 48.4 Å². The number of rotatable bonds is 2. The molecule has 0 aliphatic heterocycles. The van der Waals surface area contributed by atoms with Crippen molar-refractivity contribution in [3.63, 3.8) is 0 Å². The first-order valence-corrected chi connectivity index (χ1v) is 6.09. The van der Waals surface area contributed by atoms with Crippen molar-refractivity contribution in [1.82, 2.24) is 0 Å². The molecular weight excluding hydrogens is 236 g/mol. The Balaban J connectivity index is 2.30. The molecule has 19 heavy (non-hydrogen) atoms. The fraction of sp³-hybridized carbons (Fsp3) is 0.176. The van der Waals surface area contributed by atoms with E-state index in [0.717, 1.165) is 28.0 Å². The minimum Gasteiger partial charge on any atom is -0.497 e. The molecule has 0 unspecified atom stereocenters. The van der Waals surface area contributed by atoms with Crippen molar-refractivity contribution in [2.75, 3.05) is 7.11 Å². The largest absolute Gasteiger partial charge is 0.497 e. The highest BCUT2D eigenvalue weighted by molar-refractivity contribution is 5.48. The molecule has 1 N–H and O–H groups in total. The van der Waals surface area contributed by atoms with Gasteiger partial charge in [0.15, 0.2) is 0 Å². The zero-order valence-corrected chi connectivity index (χ0v) is 11.1. The van der Waals surface area contributed by atoms with E-state index in [4.69, 9.17) is 4.74 Å². The first kappa shape index (κ1) is 13.2. The van der Waals surface area contributed by atoms with E-state index >= 15 is 0 Å². The minimum atomic E-state index is 0.00685. The standard InChI is InChI=1S/C17H16O2/c1-13-3-7-16(12-18)15(11-13)8-4-14-5-9-17(19-2)10-6-14/h3,5-7,9-11,18H,12H2,1-2H3. The topological polar surface area (TPSA) is 29.5 Å². The zero-order valence-electron chi connectivity index (χ0n) is 11.1. The average Bonchev–Trinajstić information content (AvgIpc) is 2.46. The van der Waals surface area contributed by atoms with Gasteiger partial charge in [0.1, 0.15) is 5.75 Å². The molecule has 2 heteroatoms. The second-order valence-corrected chi connectivity index (χ2v) is 4.30. The lowest BCUT2D eigenvalue weighted by molar-refractivity contribution is 0.281. The lowest BCUT2D eigenvalue weighted by Gasteiger charge is -2.02. The molecule has 0 spiro atoms. The van der Waals surface area contributed by atoms with Gasteiger partial charge in [0.05, 0.1) is 13.7 Å². The summed E-state index contributed by atoms with van der Waals surface area (Å²) in [5.41, 5.74) is 3.78. The maximum atomic E-state index is 9.29. The molecule has 96 valence electrons. The van der Waals surface area contributed by atoms with E-state index in [-0.39, 0.29) is 6.61 Å². The summed E-state index contributed by atoms with van der Waals surface area (Å²) in [6.07, 6.45) is 0. The number of aryl methyl sites for hydroxylation is 1. The van der Waals surface area contributed by atoms with E-state index in [0.29, 0.717) is 0 Å². The van der Waals surface area contributed by atoms with E-state index in [9.17, 15) is 5.11 Å². The third kappa shape index (κ3) is 3.37. The summed E-state index contributed by atoms with van der Waals surface area (Å²) in [6, 6.07) is 13.5. The average molecular weight is 252 g/mol. The van der Waals surface area contributed by atoms with Gasteiger partial charge in [-0.15, -0.1) is 0 Å². The van der Waals surface area contributed by atoms with Crippen molar-refractivity contribution >= 4 is 0 Å². The van der Waals surface area contributed by atoms with Crippen LogP contribution in [0.15, 0.2) is 42.5 Å². The second-order valence-electron chi connectivity index (χ2n) is 4.30. The van der Waals surface area contributed by atoms with Crippen LogP contribution in [0.4, 0.5) is 0 Å². The highest BCUT2D eigenvalue weighted by atomic mass is 16.5. The van der Waals surface area contributed by atoms with Crippen LogP contribution < -0.4 is 4.74 Å². The van der Waals surface area contributed by atoms with E-state index < -0.39 is 0 Å². The molecule has 2 nitrogen and oxygen atoms in total. The lowest BCUT2D eigenvalue weighted by atomic mass is 10.0. The molecule has 0 atom stereocenters. The SMILES string of the molecule is COc1ccc(C#Cc2cc(C)ccc2CO)cc1. The van der Waals surface area contributed by atoms with E-state index in [1.165, 1.54) is 0 Å². The minimum absolute atomic E-state index is 0.00685. The Labute approximate surface area is 113 Å². The normalized spacial score (nSPS) is 9.63. The second kappa shape index (κ2) is 6.08. The molecule has 0 aromatic heterocycles. The van der Waals surface area contributed by atoms with Gasteiger partial charge >= 0.3 is 0 Å². The van der Waals surface area contributed by atoms with Gasteiger partial charge in [-0.2, -0.15) is 0 Å². The van der Waals surface area contributed by atoms with Crippen LogP contribution in [0.5, 0.6) is 5.75 Å². The summed E-state index contributed by atoms with van der Waals surface area (Å²) in [7, 11) is 1.64. The number of hydrogen-bond donors (Lipinski definition) is 1. The van der Waals surface area contributed by atoms with Crippen LogP contribution in [0.25, 0.3) is 0 Å². The first-order chi connectivity index (χ1) is 9.22. The predicted molar refractivity (Wildman–Crippen MR) is 76.1 cm³/mol. The van der Waals surface area contributed by atoms with Crippen LogP contribution in [0.3, 0.4) is 0 Å².